The molecule has 1 unspecified atom stereocenters. The van der Waals surface area contributed by atoms with Crippen molar-refractivity contribution in [3.05, 3.63) is 93.2 Å². The average Bonchev–Trinajstić information content (AvgIpc) is 3.10. The third-order valence-corrected chi connectivity index (χ3v) is 6.46. The van der Waals surface area contributed by atoms with Crippen molar-refractivity contribution in [2.24, 2.45) is 0 Å². The lowest BCUT2D eigenvalue weighted by Crippen LogP contribution is -2.29. The summed E-state index contributed by atoms with van der Waals surface area (Å²) in [5.74, 6) is -0.845. The van der Waals surface area contributed by atoms with Crippen LogP contribution < -0.4 is 9.47 Å². The van der Waals surface area contributed by atoms with Crippen molar-refractivity contribution in [2.75, 3.05) is 13.2 Å². The molecule has 5 rings (SSSR count). The Labute approximate surface area is 205 Å². The third-order valence-electron chi connectivity index (χ3n) is 5.72. The Kier molecular flexibility index (Phi) is 5.89. The van der Waals surface area contributed by atoms with Gasteiger partial charge >= 0.3 is 0 Å². The summed E-state index contributed by atoms with van der Waals surface area (Å²) in [6.07, 6.45) is 3.21. The Morgan fingerprint density at radius 1 is 0.971 bits per heavy atom. The van der Waals surface area contributed by atoms with Gasteiger partial charge in [0.05, 0.1) is 21.7 Å². The van der Waals surface area contributed by atoms with E-state index in [1.807, 2.05) is 0 Å². The summed E-state index contributed by atoms with van der Waals surface area (Å²) in [5.41, 5.74) is 1.60. The highest BCUT2D eigenvalue weighted by atomic mass is 35.5. The Balaban J connectivity index is 1.65. The largest absolute Gasteiger partial charge is 0.507 e. The molecule has 1 aromatic heterocycles. The highest BCUT2D eigenvalue weighted by molar-refractivity contribution is 6.46. The van der Waals surface area contributed by atoms with Crippen LogP contribution in [0, 0.1) is 0 Å². The van der Waals surface area contributed by atoms with Crippen LogP contribution in [0.2, 0.25) is 10.0 Å². The molecule has 0 radical (unpaired) electrons. The molecule has 172 valence electrons. The number of carbonyl (C=O) groups excluding carboxylic acids is 2. The van der Waals surface area contributed by atoms with Crippen LogP contribution in [-0.2, 0) is 16.1 Å². The second-order valence-electron chi connectivity index (χ2n) is 7.81. The fraction of sp³-hybridized carbons (Fsp3) is 0.160. The number of hydrogen-bond acceptors (Lipinski definition) is 6. The molecule has 2 aliphatic heterocycles. The zero-order chi connectivity index (χ0) is 23.8. The number of likely N-dealkylation sites (tertiary alicyclic amines) is 1. The molecule has 1 N–H and O–H groups in total. The third kappa shape index (κ3) is 3.97. The summed E-state index contributed by atoms with van der Waals surface area (Å²) in [6, 6.07) is 12.4. The predicted molar refractivity (Wildman–Crippen MR) is 126 cm³/mol. The molecule has 2 aliphatic rings. The molecule has 1 fully saturated rings. The van der Waals surface area contributed by atoms with E-state index in [1.54, 1.807) is 60.9 Å². The van der Waals surface area contributed by atoms with Gasteiger partial charge in [0.25, 0.3) is 11.7 Å². The standard InChI is InChI=1S/C25H18Cl2N2O5/c26-17-3-1-15(11-18(17)27)22-21(23(30)16-2-4-19-20(12-16)34-10-9-33-19)24(31)25(32)29(22)13-14-5-7-28-8-6-14/h1-8,11-12,22,30H,9-10,13H2. The van der Waals surface area contributed by atoms with E-state index in [9.17, 15) is 14.7 Å². The van der Waals surface area contributed by atoms with E-state index in [0.717, 1.165) is 5.56 Å². The average molecular weight is 497 g/mol. The van der Waals surface area contributed by atoms with E-state index in [1.165, 1.54) is 4.90 Å². The highest BCUT2D eigenvalue weighted by Gasteiger charge is 2.46. The van der Waals surface area contributed by atoms with Crippen LogP contribution in [0.15, 0.2) is 66.5 Å². The van der Waals surface area contributed by atoms with E-state index in [4.69, 9.17) is 32.7 Å². The highest BCUT2D eigenvalue weighted by Crippen LogP contribution is 2.42. The van der Waals surface area contributed by atoms with Crippen LogP contribution in [0.4, 0.5) is 0 Å². The van der Waals surface area contributed by atoms with Gasteiger partial charge in [-0.15, -0.1) is 0 Å². The number of carbonyl (C=O) groups is 2. The summed E-state index contributed by atoms with van der Waals surface area (Å²) in [5, 5.41) is 11.9. The molecule has 1 atom stereocenters. The fourth-order valence-electron chi connectivity index (χ4n) is 4.10. The summed E-state index contributed by atoms with van der Waals surface area (Å²) in [7, 11) is 0. The molecule has 0 saturated carbocycles. The zero-order valence-corrected chi connectivity index (χ0v) is 19.2. The first-order chi connectivity index (χ1) is 16.4. The number of Topliss-reactive ketones (excluding diaryl/α,β-unsaturated/α-hetero) is 1. The first-order valence-corrected chi connectivity index (χ1v) is 11.2. The number of benzene rings is 2. The quantitative estimate of drug-likeness (QED) is 0.317. The first kappa shape index (κ1) is 22.3. The first-order valence-electron chi connectivity index (χ1n) is 10.5. The molecule has 7 nitrogen and oxygen atoms in total. The molecular weight excluding hydrogens is 479 g/mol. The van der Waals surface area contributed by atoms with Gasteiger partial charge in [0, 0.05) is 24.5 Å². The van der Waals surface area contributed by atoms with Crippen molar-refractivity contribution in [1.29, 1.82) is 0 Å². The Bertz CT molecular complexity index is 1330. The number of ether oxygens (including phenoxy) is 2. The molecule has 0 spiro atoms. The molecule has 0 bridgehead atoms. The number of fused-ring (bicyclic) bond motifs is 1. The van der Waals surface area contributed by atoms with Crippen LogP contribution >= 0.6 is 23.2 Å². The fourth-order valence-corrected chi connectivity index (χ4v) is 4.41. The van der Waals surface area contributed by atoms with Crippen molar-refractivity contribution in [3.8, 4) is 11.5 Å². The summed E-state index contributed by atoms with van der Waals surface area (Å²) >= 11 is 12.4. The van der Waals surface area contributed by atoms with Gasteiger partial charge in [0.15, 0.2) is 11.5 Å². The molecule has 1 saturated heterocycles. The topological polar surface area (TPSA) is 89.0 Å². The van der Waals surface area contributed by atoms with Crippen molar-refractivity contribution < 1.29 is 24.2 Å². The van der Waals surface area contributed by atoms with Gasteiger partial charge in [-0.25, -0.2) is 0 Å². The maximum atomic E-state index is 13.2. The Morgan fingerprint density at radius 2 is 1.71 bits per heavy atom. The molecule has 0 aliphatic carbocycles. The van der Waals surface area contributed by atoms with Crippen molar-refractivity contribution in [3.63, 3.8) is 0 Å². The number of aromatic nitrogens is 1. The minimum absolute atomic E-state index is 0.0471. The summed E-state index contributed by atoms with van der Waals surface area (Å²) < 4.78 is 11.1. The lowest BCUT2D eigenvalue weighted by molar-refractivity contribution is -0.140. The van der Waals surface area contributed by atoms with Crippen molar-refractivity contribution >= 4 is 40.7 Å². The molecule has 34 heavy (non-hydrogen) atoms. The van der Waals surface area contributed by atoms with Crippen molar-refractivity contribution in [1.82, 2.24) is 9.88 Å². The van der Waals surface area contributed by atoms with Crippen LogP contribution in [0.25, 0.3) is 5.76 Å². The Hall–Kier alpha value is -3.55. The van der Waals surface area contributed by atoms with Gasteiger partial charge in [-0.2, -0.15) is 0 Å². The number of ketones is 1. The molecule has 1 amide bonds. The van der Waals surface area contributed by atoms with Gasteiger partial charge < -0.3 is 19.5 Å². The number of pyridine rings is 1. The number of hydrogen-bond donors (Lipinski definition) is 1. The maximum Gasteiger partial charge on any atom is 0.295 e. The number of amides is 1. The lowest BCUT2D eigenvalue weighted by Gasteiger charge is -2.26. The molecular formula is C25H18Cl2N2O5. The molecule has 2 aromatic carbocycles. The van der Waals surface area contributed by atoms with E-state index in [2.05, 4.69) is 4.98 Å². The molecule has 3 aromatic rings. The van der Waals surface area contributed by atoms with Gasteiger partial charge in [-0.05, 0) is 53.6 Å². The maximum absolute atomic E-state index is 13.2. The van der Waals surface area contributed by atoms with Crippen LogP contribution in [0.3, 0.4) is 0 Å². The summed E-state index contributed by atoms with van der Waals surface area (Å²) in [4.78, 5) is 31.7. The summed E-state index contributed by atoms with van der Waals surface area (Å²) in [6.45, 7) is 0.933. The number of aliphatic hydroxyl groups is 1. The second-order valence-corrected chi connectivity index (χ2v) is 8.63. The van der Waals surface area contributed by atoms with E-state index < -0.39 is 17.7 Å². The van der Waals surface area contributed by atoms with Crippen molar-refractivity contribution in [2.45, 2.75) is 12.6 Å². The Morgan fingerprint density at radius 3 is 2.44 bits per heavy atom. The van der Waals surface area contributed by atoms with Crippen LogP contribution in [0.1, 0.15) is 22.7 Å². The van der Waals surface area contributed by atoms with Crippen LogP contribution in [-0.4, -0.2) is 39.9 Å². The van der Waals surface area contributed by atoms with E-state index in [0.29, 0.717) is 40.9 Å². The van der Waals surface area contributed by atoms with E-state index in [-0.39, 0.29) is 22.9 Å². The van der Waals surface area contributed by atoms with Gasteiger partial charge in [0.1, 0.15) is 19.0 Å². The molecule has 9 heteroatoms. The normalized spacial score (nSPS) is 18.9. The minimum Gasteiger partial charge on any atom is -0.507 e. The van der Waals surface area contributed by atoms with Gasteiger partial charge in [0.2, 0.25) is 0 Å². The monoisotopic (exact) mass is 496 g/mol. The van der Waals surface area contributed by atoms with Gasteiger partial charge in [-0.1, -0.05) is 29.3 Å². The molecule has 3 heterocycles. The second kappa shape index (κ2) is 9.00. The predicted octanol–water partition coefficient (Wildman–Crippen LogP) is 4.78. The number of nitrogens with zero attached hydrogens (tertiary/aromatic N) is 2. The SMILES string of the molecule is O=C1C(=O)N(Cc2ccncc2)C(c2ccc(Cl)c(Cl)c2)C1=C(O)c1ccc2c(c1)OCCO2. The zero-order valence-electron chi connectivity index (χ0n) is 17.7. The smallest absolute Gasteiger partial charge is 0.295 e. The minimum atomic E-state index is -0.879. The number of halogens is 2. The lowest BCUT2D eigenvalue weighted by atomic mass is 9.95. The van der Waals surface area contributed by atoms with E-state index >= 15 is 0 Å². The number of rotatable bonds is 4. The number of aliphatic hydroxyl groups excluding tert-OH is 1. The van der Waals surface area contributed by atoms with Gasteiger partial charge in [-0.3, -0.25) is 14.6 Å². The van der Waals surface area contributed by atoms with Crippen LogP contribution in [0.5, 0.6) is 11.5 Å².